The van der Waals surface area contributed by atoms with Crippen molar-refractivity contribution in [3.63, 3.8) is 0 Å². The van der Waals surface area contributed by atoms with Crippen molar-refractivity contribution in [3.05, 3.63) is 58.9 Å². The molecule has 0 spiro atoms. The summed E-state index contributed by atoms with van der Waals surface area (Å²) in [5, 5.41) is 11.6. The lowest BCUT2D eigenvalue weighted by Gasteiger charge is -2.06. The molecule has 2 aromatic carbocycles. The highest BCUT2D eigenvalue weighted by Crippen LogP contribution is 2.24. The van der Waals surface area contributed by atoms with Crippen LogP contribution in [0.15, 0.2) is 47.6 Å². The van der Waals surface area contributed by atoms with E-state index in [4.69, 9.17) is 11.6 Å². The standard InChI is InChI=1S/C18H16ClFN4OS/c1-11-3-5-12(6-4-11)17-22-23-18(24(17)2)26-10-16(25)21-13-7-8-15(20)14(19)9-13/h3-9H,10H2,1-2H3,(H,21,25). The molecule has 0 bridgehead atoms. The quantitative estimate of drug-likeness (QED) is 0.659. The van der Waals surface area contributed by atoms with Gasteiger partial charge in [-0.2, -0.15) is 0 Å². The first kappa shape index (κ1) is 18.4. The van der Waals surface area contributed by atoms with Crippen LogP contribution >= 0.6 is 23.4 Å². The number of amides is 1. The maximum absolute atomic E-state index is 13.1. The lowest BCUT2D eigenvalue weighted by atomic mass is 10.1. The van der Waals surface area contributed by atoms with Crippen LogP contribution in [0.25, 0.3) is 11.4 Å². The van der Waals surface area contributed by atoms with Gasteiger partial charge >= 0.3 is 0 Å². The lowest BCUT2D eigenvalue weighted by Crippen LogP contribution is -2.14. The minimum Gasteiger partial charge on any atom is -0.325 e. The van der Waals surface area contributed by atoms with Crippen LogP contribution in [0.2, 0.25) is 5.02 Å². The molecule has 0 aliphatic carbocycles. The van der Waals surface area contributed by atoms with Crippen molar-refractivity contribution >= 4 is 35.0 Å². The molecule has 0 saturated heterocycles. The van der Waals surface area contributed by atoms with E-state index in [1.165, 1.54) is 35.5 Å². The number of hydrogen-bond donors (Lipinski definition) is 1. The summed E-state index contributed by atoms with van der Waals surface area (Å²) < 4.78 is 15.0. The molecule has 5 nitrogen and oxygen atoms in total. The molecule has 134 valence electrons. The number of halogens is 2. The molecule has 1 heterocycles. The van der Waals surface area contributed by atoms with E-state index in [0.29, 0.717) is 10.8 Å². The molecule has 0 atom stereocenters. The average Bonchev–Trinajstić information content (AvgIpc) is 2.98. The maximum atomic E-state index is 13.1. The number of thioether (sulfide) groups is 1. The van der Waals surface area contributed by atoms with Gasteiger partial charge in [-0.25, -0.2) is 4.39 Å². The SMILES string of the molecule is Cc1ccc(-c2nnc(SCC(=O)Nc3ccc(F)c(Cl)c3)n2C)cc1. The Balaban J connectivity index is 1.63. The van der Waals surface area contributed by atoms with Crippen molar-refractivity contribution in [3.8, 4) is 11.4 Å². The molecule has 0 saturated carbocycles. The van der Waals surface area contributed by atoms with E-state index >= 15 is 0 Å². The number of nitrogens with zero attached hydrogens (tertiary/aromatic N) is 3. The van der Waals surface area contributed by atoms with E-state index in [9.17, 15) is 9.18 Å². The van der Waals surface area contributed by atoms with Crippen LogP contribution in [0, 0.1) is 12.7 Å². The Morgan fingerprint density at radius 2 is 1.96 bits per heavy atom. The molecule has 3 aromatic rings. The minimum absolute atomic E-state index is 0.0357. The number of nitrogens with one attached hydrogen (secondary N) is 1. The Labute approximate surface area is 159 Å². The largest absolute Gasteiger partial charge is 0.325 e. The number of anilines is 1. The highest BCUT2D eigenvalue weighted by Gasteiger charge is 2.13. The summed E-state index contributed by atoms with van der Waals surface area (Å²) >= 11 is 6.98. The van der Waals surface area contributed by atoms with Gasteiger partial charge in [-0.15, -0.1) is 10.2 Å². The Morgan fingerprint density at radius 3 is 2.65 bits per heavy atom. The smallest absolute Gasteiger partial charge is 0.234 e. The van der Waals surface area contributed by atoms with Crippen LogP contribution in [0.5, 0.6) is 0 Å². The Morgan fingerprint density at radius 1 is 1.23 bits per heavy atom. The van der Waals surface area contributed by atoms with Gasteiger partial charge < -0.3 is 9.88 Å². The van der Waals surface area contributed by atoms with E-state index in [2.05, 4.69) is 15.5 Å². The highest BCUT2D eigenvalue weighted by molar-refractivity contribution is 7.99. The van der Waals surface area contributed by atoms with Crippen LogP contribution in [0.3, 0.4) is 0 Å². The first-order chi connectivity index (χ1) is 12.4. The number of carbonyl (C=O) groups excluding carboxylic acids is 1. The van der Waals surface area contributed by atoms with Crippen molar-refractivity contribution in [2.75, 3.05) is 11.1 Å². The molecule has 3 rings (SSSR count). The van der Waals surface area contributed by atoms with Gasteiger partial charge in [-0.05, 0) is 25.1 Å². The molecule has 0 aliphatic heterocycles. The van der Waals surface area contributed by atoms with Gasteiger partial charge in [-0.3, -0.25) is 4.79 Å². The van der Waals surface area contributed by atoms with Crippen molar-refractivity contribution < 1.29 is 9.18 Å². The Kier molecular flexibility index (Phi) is 5.58. The first-order valence-electron chi connectivity index (χ1n) is 7.78. The van der Waals surface area contributed by atoms with Gasteiger partial charge in [0.2, 0.25) is 5.91 Å². The zero-order chi connectivity index (χ0) is 18.7. The summed E-state index contributed by atoms with van der Waals surface area (Å²) in [6.45, 7) is 2.02. The van der Waals surface area contributed by atoms with Gasteiger partial charge in [-0.1, -0.05) is 53.2 Å². The summed E-state index contributed by atoms with van der Waals surface area (Å²) in [6, 6.07) is 12.0. The zero-order valence-electron chi connectivity index (χ0n) is 14.2. The third kappa shape index (κ3) is 4.23. The second-order valence-electron chi connectivity index (χ2n) is 5.70. The van der Waals surface area contributed by atoms with Crippen LogP contribution in [-0.4, -0.2) is 26.4 Å². The van der Waals surface area contributed by atoms with E-state index in [0.717, 1.165) is 11.4 Å². The normalized spacial score (nSPS) is 10.8. The van der Waals surface area contributed by atoms with Crippen LogP contribution in [0.1, 0.15) is 5.56 Å². The summed E-state index contributed by atoms with van der Waals surface area (Å²) in [5.41, 5.74) is 2.58. The predicted molar refractivity (Wildman–Crippen MR) is 102 cm³/mol. The van der Waals surface area contributed by atoms with Crippen molar-refractivity contribution in [2.24, 2.45) is 7.05 Å². The molecule has 0 fully saturated rings. The van der Waals surface area contributed by atoms with Crippen molar-refractivity contribution in [2.45, 2.75) is 12.1 Å². The van der Waals surface area contributed by atoms with Gasteiger partial charge in [0.25, 0.3) is 0 Å². The van der Waals surface area contributed by atoms with Crippen LogP contribution in [0.4, 0.5) is 10.1 Å². The van der Waals surface area contributed by atoms with Crippen molar-refractivity contribution in [1.82, 2.24) is 14.8 Å². The molecule has 0 unspecified atom stereocenters. The number of hydrogen-bond acceptors (Lipinski definition) is 4. The topological polar surface area (TPSA) is 59.8 Å². The number of benzene rings is 2. The third-order valence-electron chi connectivity index (χ3n) is 3.68. The molecule has 1 amide bonds. The summed E-state index contributed by atoms with van der Waals surface area (Å²) in [5.74, 6) is 0.118. The van der Waals surface area contributed by atoms with Gasteiger partial charge in [0, 0.05) is 18.3 Å². The molecular weight excluding hydrogens is 375 g/mol. The fourth-order valence-corrected chi connectivity index (χ4v) is 3.19. The monoisotopic (exact) mass is 390 g/mol. The summed E-state index contributed by atoms with van der Waals surface area (Å²) in [7, 11) is 1.86. The molecule has 1 aromatic heterocycles. The van der Waals surface area contributed by atoms with Crippen LogP contribution < -0.4 is 5.32 Å². The maximum Gasteiger partial charge on any atom is 0.234 e. The van der Waals surface area contributed by atoms with Crippen molar-refractivity contribution in [1.29, 1.82) is 0 Å². The Hall–Kier alpha value is -2.38. The Bertz CT molecular complexity index is 943. The predicted octanol–water partition coefficient (Wildman–Crippen LogP) is 4.31. The van der Waals surface area contributed by atoms with E-state index in [1.807, 2.05) is 42.8 Å². The lowest BCUT2D eigenvalue weighted by molar-refractivity contribution is -0.113. The average molecular weight is 391 g/mol. The van der Waals surface area contributed by atoms with E-state index < -0.39 is 5.82 Å². The number of rotatable bonds is 5. The fraction of sp³-hybridized carbons (Fsp3) is 0.167. The highest BCUT2D eigenvalue weighted by atomic mass is 35.5. The number of aryl methyl sites for hydroxylation is 1. The summed E-state index contributed by atoms with van der Waals surface area (Å²) in [6.07, 6.45) is 0. The molecule has 8 heteroatoms. The zero-order valence-corrected chi connectivity index (χ0v) is 15.7. The van der Waals surface area contributed by atoms with Gasteiger partial charge in [0.1, 0.15) is 5.82 Å². The summed E-state index contributed by atoms with van der Waals surface area (Å²) in [4.78, 5) is 12.1. The second kappa shape index (κ2) is 7.88. The number of carbonyl (C=O) groups is 1. The molecule has 0 aliphatic rings. The minimum atomic E-state index is -0.526. The molecular formula is C18H16ClFN4OS. The van der Waals surface area contributed by atoms with Gasteiger partial charge in [0.05, 0.1) is 10.8 Å². The molecule has 1 N–H and O–H groups in total. The van der Waals surface area contributed by atoms with E-state index in [1.54, 1.807) is 0 Å². The fourth-order valence-electron chi connectivity index (χ4n) is 2.30. The van der Waals surface area contributed by atoms with E-state index in [-0.39, 0.29) is 16.7 Å². The number of aromatic nitrogens is 3. The first-order valence-corrected chi connectivity index (χ1v) is 9.14. The third-order valence-corrected chi connectivity index (χ3v) is 4.99. The molecule has 26 heavy (non-hydrogen) atoms. The molecule has 0 radical (unpaired) electrons. The second-order valence-corrected chi connectivity index (χ2v) is 7.05. The van der Waals surface area contributed by atoms with Crippen LogP contribution in [-0.2, 0) is 11.8 Å². The van der Waals surface area contributed by atoms with Gasteiger partial charge in [0.15, 0.2) is 11.0 Å².